The smallest absolute Gasteiger partial charge is 0.270 e. The molecule has 0 aliphatic rings. The van der Waals surface area contributed by atoms with Crippen molar-refractivity contribution in [3.63, 3.8) is 0 Å². The number of amides is 1. The van der Waals surface area contributed by atoms with Crippen molar-refractivity contribution in [2.75, 3.05) is 5.32 Å². The quantitative estimate of drug-likeness (QED) is 0.829. The molecule has 0 saturated heterocycles. The molecule has 120 valence electrons. The summed E-state index contributed by atoms with van der Waals surface area (Å²) in [4.78, 5) is 32.0. The summed E-state index contributed by atoms with van der Waals surface area (Å²) < 4.78 is 0. The number of benzene rings is 1. The molecule has 0 aliphatic heterocycles. The van der Waals surface area contributed by atoms with E-state index in [4.69, 9.17) is 0 Å². The van der Waals surface area contributed by atoms with E-state index in [-0.39, 0.29) is 17.7 Å². The van der Waals surface area contributed by atoms with Gasteiger partial charge in [0.25, 0.3) is 5.91 Å². The zero-order valence-corrected chi connectivity index (χ0v) is 13.7. The van der Waals surface area contributed by atoms with E-state index >= 15 is 0 Å². The minimum Gasteiger partial charge on any atom is -0.349 e. The lowest BCUT2D eigenvalue weighted by Crippen LogP contribution is -2.31. The number of carbonyl (C=O) groups is 2. The van der Waals surface area contributed by atoms with E-state index in [2.05, 4.69) is 20.6 Å². The molecule has 1 heterocycles. The summed E-state index contributed by atoms with van der Waals surface area (Å²) in [6.45, 7) is 7.08. The Hall–Kier alpha value is -2.76. The maximum Gasteiger partial charge on any atom is 0.270 e. The zero-order valence-electron chi connectivity index (χ0n) is 13.7. The van der Waals surface area contributed by atoms with E-state index in [0.717, 1.165) is 0 Å². The van der Waals surface area contributed by atoms with Gasteiger partial charge in [0, 0.05) is 23.0 Å². The number of rotatable bonds is 5. The first-order chi connectivity index (χ1) is 10.8. The van der Waals surface area contributed by atoms with Crippen LogP contribution >= 0.6 is 0 Å². The Morgan fingerprint density at radius 2 is 1.87 bits per heavy atom. The zero-order chi connectivity index (χ0) is 17.0. The Balaban J connectivity index is 2.26. The summed E-state index contributed by atoms with van der Waals surface area (Å²) in [6, 6.07) is 8.72. The molecule has 6 heteroatoms. The van der Waals surface area contributed by atoms with Crippen LogP contribution in [0.2, 0.25) is 0 Å². The molecule has 2 aromatic rings. The van der Waals surface area contributed by atoms with Gasteiger partial charge in [0.05, 0.1) is 0 Å². The number of nitrogens with one attached hydrogen (secondary N) is 2. The maximum absolute atomic E-state index is 12.1. The fraction of sp³-hybridized carbons (Fsp3) is 0.294. The van der Waals surface area contributed by atoms with Gasteiger partial charge in [0.15, 0.2) is 5.78 Å². The molecule has 1 aromatic heterocycles. The molecule has 0 spiro atoms. The summed E-state index contributed by atoms with van der Waals surface area (Å²) >= 11 is 0. The number of ketones is 1. The van der Waals surface area contributed by atoms with Gasteiger partial charge in [-0.05, 0) is 45.9 Å². The Bertz CT molecular complexity index is 741. The second-order valence-corrected chi connectivity index (χ2v) is 5.61. The topological polar surface area (TPSA) is 84.0 Å². The number of hydrogen-bond donors (Lipinski definition) is 2. The second kappa shape index (κ2) is 7.00. The molecule has 0 unspecified atom stereocenters. The highest BCUT2D eigenvalue weighted by atomic mass is 16.2. The number of hydrogen-bond acceptors (Lipinski definition) is 5. The fourth-order valence-electron chi connectivity index (χ4n) is 2.02. The summed E-state index contributed by atoms with van der Waals surface area (Å²) in [6.07, 6.45) is 0. The molecule has 23 heavy (non-hydrogen) atoms. The van der Waals surface area contributed by atoms with Crippen LogP contribution in [-0.4, -0.2) is 27.7 Å². The van der Waals surface area contributed by atoms with Gasteiger partial charge in [0.2, 0.25) is 5.95 Å². The third-order valence-corrected chi connectivity index (χ3v) is 3.03. The maximum atomic E-state index is 12.1. The van der Waals surface area contributed by atoms with Gasteiger partial charge in [-0.25, -0.2) is 9.97 Å². The molecular weight excluding hydrogens is 292 g/mol. The van der Waals surface area contributed by atoms with Crippen LogP contribution in [0.15, 0.2) is 30.3 Å². The van der Waals surface area contributed by atoms with Crippen molar-refractivity contribution in [1.29, 1.82) is 0 Å². The van der Waals surface area contributed by atoms with Crippen LogP contribution in [0.25, 0.3) is 0 Å². The largest absolute Gasteiger partial charge is 0.349 e. The Morgan fingerprint density at radius 3 is 2.52 bits per heavy atom. The molecule has 1 amide bonds. The fourth-order valence-corrected chi connectivity index (χ4v) is 2.02. The highest BCUT2D eigenvalue weighted by Crippen LogP contribution is 2.16. The number of aryl methyl sites for hydroxylation is 1. The molecular formula is C17H20N4O2. The van der Waals surface area contributed by atoms with Gasteiger partial charge in [-0.15, -0.1) is 0 Å². The standard InChI is InChI=1S/C17H20N4O2/c1-10(2)18-16(23)15-8-11(3)19-17(21-15)20-14-7-5-6-13(9-14)12(4)22/h5-10H,1-4H3,(H,18,23)(H,19,20,21). The first-order valence-corrected chi connectivity index (χ1v) is 7.39. The first kappa shape index (κ1) is 16.6. The van der Waals surface area contributed by atoms with Crippen molar-refractivity contribution in [1.82, 2.24) is 15.3 Å². The van der Waals surface area contributed by atoms with Crippen molar-refractivity contribution < 1.29 is 9.59 Å². The number of aromatic nitrogens is 2. The molecule has 0 aliphatic carbocycles. The van der Waals surface area contributed by atoms with Crippen molar-refractivity contribution >= 4 is 23.3 Å². The molecule has 1 aromatic carbocycles. The Kier molecular flexibility index (Phi) is 5.05. The van der Waals surface area contributed by atoms with Crippen molar-refractivity contribution in [2.24, 2.45) is 0 Å². The van der Waals surface area contributed by atoms with E-state index in [1.807, 2.05) is 19.9 Å². The SMILES string of the molecule is CC(=O)c1cccc(Nc2nc(C)cc(C(=O)NC(C)C)n2)c1. The van der Waals surface area contributed by atoms with E-state index in [1.54, 1.807) is 31.2 Å². The lowest BCUT2D eigenvalue weighted by Gasteiger charge is -2.11. The lowest BCUT2D eigenvalue weighted by molar-refractivity contribution is 0.0937. The number of anilines is 2. The Morgan fingerprint density at radius 1 is 1.13 bits per heavy atom. The van der Waals surface area contributed by atoms with Crippen LogP contribution in [0.4, 0.5) is 11.6 Å². The van der Waals surface area contributed by atoms with Crippen molar-refractivity contribution in [3.8, 4) is 0 Å². The highest BCUT2D eigenvalue weighted by molar-refractivity contribution is 5.95. The van der Waals surface area contributed by atoms with Gasteiger partial charge < -0.3 is 10.6 Å². The molecule has 0 saturated carbocycles. The normalized spacial score (nSPS) is 10.5. The minimum atomic E-state index is -0.244. The van der Waals surface area contributed by atoms with Gasteiger partial charge in [-0.1, -0.05) is 12.1 Å². The summed E-state index contributed by atoms with van der Waals surface area (Å²) in [5.74, 6) is 0.0569. The van der Waals surface area contributed by atoms with Crippen LogP contribution in [0.3, 0.4) is 0 Å². The van der Waals surface area contributed by atoms with E-state index in [0.29, 0.717) is 28.6 Å². The second-order valence-electron chi connectivity index (χ2n) is 5.61. The van der Waals surface area contributed by atoms with Crippen molar-refractivity contribution in [3.05, 3.63) is 47.3 Å². The number of Topliss-reactive ketones (excluding diaryl/α,β-unsaturated/α-hetero) is 1. The Labute approximate surface area is 135 Å². The van der Waals surface area contributed by atoms with E-state index in [1.165, 1.54) is 6.92 Å². The summed E-state index contributed by atoms with van der Waals surface area (Å²) in [5.41, 5.74) is 2.27. The van der Waals surface area contributed by atoms with Crippen LogP contribution in [0, 0.1) is 6.92 Å². The molecule has 0 fully saturated rings. The van der Waals surface area contributed by atoms with E-state index in [9.17, 15) is 9.59 Å². The predicted molar refractivity (Wildman–Crippen MR) is 89.1 cm³/mol. The van der Waals surface area contributed by atoms with E-state index < -0.39 is 0 Å². The van der Waals surface area contributed by atoms with Crippen LogP contribution < -0.4 is 10.6 Å². The van der Waals surface area contributed by atoms with Crippen molar-refractivity contribution in [2.45, 2.75) is 33.7 Å². The summed E-state index contributed by atoms with van der Waals surface area (Å²) in [5, 5.41) is 5.83. The highest BCUT2D eigenvalue weighted by Gasteiger charge is 2.12. The van der Waals surface area contributed by atoms with Gasteiger partial charge >= 0.3 is 0 Å². The molecule has 6 nitrogen and oxygen atoms in total. The predicted octanol–water partition coefficient (Wildman–Crippen LogP) is 2.87. The molecule has 0 radical (unpaired) electrons. The molecule has 0 atom stereocenters. The third kappa shape index (κ3) is 4.60. The molecule has 0 bridgehead atoms. The lowest BCUT2D eigenvalue weighted by atomic mass is 10.1. The third-order valence-electron chi connectivity index (χ3n) is 3.03. The molecule has 2 rings (SSSR count). The average Bonchev–Trinajstić information content (AvgIpc) is 2.46. The summed E-state index contributed by atoms with van der Waals surface area (Å²) in [7, 11) is 0. The van der Waals surface area contributed by atoms with Gasteiger partial charge in [-0.2, -0.15) is 0 Å². The van der Waals surface area contributed by atoms with Gasteiger partial charge in [-0.3, -0.25) is 9.59 Å². The average molecular weight is 312 g/mol. The first-order valence-electron chi connectivity index (χ1n) is 7.39. The van der Waals surface area contributed by atoms with Crippen LogP contribution in [-0.2, 0) is 0 Å². The number of nitrogens with zero attached hydrogens (tertiary/aromatic N) is 2. The minimum absolute atomic E-state index is 0.0178. The van der Waals surface area contributed by atoms with Gasteiger partial charge in [0.1, 0.15) is 5.69 Å². The van der Waals surface area contributed by atoms with Crippen LogP contribution in [0.5, 0.6) is 0 Å². The molecule has 2 N–H and O–H groups in total. The monoisotopic (exact) mass is 312 g/mol. The van der Waals surface area contributed by atoms with Crippen LogP contribution in [0.1, 0.15) is 47.3 Å². The number of carbonyl (C=O) groups excluding carboxylic acids is 2.